The Hall–Kier alpha value is -1.81. The minimum atomic E-state index is 0. The van der Waals surface area contributed by atoms with Crippen molar-refractivity contribution < 1.29 is 0 Å². The number of likely N-dealkylation sites (N-methyl/N-ethyl adjacent to an activating group) is 1. The molecule has 1 aliphatic heterocycles. The summed E-state index contributed by atoms with van der Waals surface area (Å²) in [5.41, 5.74) is 2.53. The summed E-state index contributed by atoms with van der Waals surface area (Å²) in [6.45, 7) is 8.96. The van der Waals surface area contributed by atoms with E-state index in [0.717, 1.165) is 45.1 Å². The van der Waals surface area contributed by atoms with Crippen molar-refractivity contribution in [2.75, 3.05) is 38.1 Å². The van der Waals surface area contributed by atoms with Crippen LogP contribution in [0.1, 0.15) is 32.3 Å². The summed E-state index contributed by atoms with van der Waals surface area (Å²) in [6, 6.07) is 11.3. The topological polar surface area (TPSA) is 60.7 Å². The minimum absolute atomic E-state index is 0. The molecule has 0 bridgehead atoms. The molecule has 2 unspecified atom stereocenters. The van der Waals surface area contributed by atoms with Gasteiger partial charge < -0.3 is 15.5 Å². The Morgan fingerprint density at radius 3 is 2.77 bits per heavy atom. The van der Waals surface area contributed by atoms with Crippen LogP contribution in [0.25, 0.3) is 0 Å². The maximum absolute atomic E-state index is 4.89. The van der Waals surface area contributed by atoms with E-state index in [4.69, 9.17) is 4.99 Å². The van der Waals surface area contributed by atoms with E-state index in [1.807, 2.05) is 17.9 Å². The summed E-state index contributed by atoms with van der Waals surface area (Å²) in [5.74, 6) is 0.912. The number of piperidine rings is 1. The zero-order chi connectivity index (χ0) is 21.3. The zero-order valence-corrected chi connectivity index (χ0v) is 21.6. The highest BCUT2D eigenvalue weighted by Crippen LogP contribution is 2.19. The van der Waals surface area contributed by atoms with Crippen LogP contribution >= 0.6 is 24.0 Å². The molecule has 2 atom stereocenters. The van der Waals surface area contributed by atoms with Gasteiger partial charge in [-0.15, -0.1) is 24.0 Å². The predicted molar refractivity (Wildman–Crippen MR) is 140 cm³/mol. The Bertz CT molecular complexity index is 792. The molecule has 7 nitrogen and oxygen atoms in total. The first kappa shape index (κ1) is 25.5. The molecule has 31 heavy (non-hydrogen) atoms. The van der Waals surface area contributed by atoms with Gasteiger partial charge in [-0.25, -0.2) is 0 Å². The lowest BCUT2D eigenvalue weighted by Crippen LogP contribution is -2.51. The van der Waals surface area contributed by atoms with Gasteiger partial charge in [-0.2, -0.15) is 5.10 Å². The quantitative estimate of drug-likeness (QED) is 0.307. The molecule has 1 fully saturated rings. The molecule has 3 rings (SSSR count). The van der Waals surface area contributed by atoms with Crippen molar-refractivity contribution in [2.45, 2.75) is 45.3 Å². The zero-order valence-electron chi connectivity index (χ0n) is 19.3. The summed E-state index contributed by atoms with van der Waals surface area (Å²) in [5, 5.41) is 11.4. The summed E-state index contributed by atoms with van der Waals surface area (Å²) in [7, 11) is 4.13. The highest BCUT2D eigenvalue weighted by molar-refractivity contribution is 14.0. The number of aromatic nitrogens is 2. The molecule has 1 saturated heterocycles. The molecule has 2 N–H and O–H groups in total. The number of halogens is 1. The molecule has 1 aromatic heterocycles. The van der Waals surface area contributed by atoms with Gasteiger partial charge in [-0.05, 0) is 39.3 Å². The van der Waals surface area contributed by atoms with Gasteiger partial charge in [-0.3, -0.25) is 14.6 Å². The van der Waals surface area contributed by atoms with E-state index >= 15 is 0 Å². The fourth-order valence-electron chi connectivity index (χ4n) is 3.80. The fourth-order valence-corrected chi connectivity index (χ4v) is 3.80. The van der Waals surface area contributed by atoms with Gasteiger partial charge in [0.25, 0.3) is 0 Å². The molecule has 2 aromatic rings. The van der Waals surface area contributed by atoms with E-state index in [2.05, 4.69) is 83.0 Å². The van der Waals surface area contributed by atoms with Crippen LogP contribution in [0.3, 0.4) is 0 Å². The normalized spacial score (nSPS) is 17.9. The minimum Gasteiger partial charge on any atom is -0.367 e. The van der Waals surface area contributed by atoms with Crippen molar-refractivity contribution in [3.05, 3.63) is 48.3 Å². The highest BCUT2D eigenvalue weighted by Gasteiger charge is 2.22. The van der Waals surface area contributed by atoms with Gasteiger partial charge in [0.05, 0.1) is 18.4 Å². The van der Waals surface area contributed by atoms with Crippen LogP contribution in [0, 0.1) is 0 Å². The van der Waals surface area contributed by atoms with Crippen molar-refractivity contribution in [1.82, 2.24) is 25.3 Å². The Labute approximate surface area is 204 Å². The molecule has 1 aliphatic rings. The number of aliphatic imine (C=N–C) groups is 1. The second-order valence-corrected chi connectivity index (χ2v) is 8.27. The third-order valence-corrected chi connectivity index (χ3v) is 5.70. The van der Waals surface area contributed by atoms with E-state index in [-0.39, 0.29) is 24.0 Å². The third-order valence-electron chi connectivity index (χ3n) is 5.70. The van der Waals surface area contributed by atoms with Gasteiger partial charge in [-0.1, -0.05) is 30.3 Å². The van der Waals surface area contributed by atoms with Gasteiger partial charge in [0.2, 0.25) is 0 Å². The van der Waals surface area contributed by atoms with E-state index in [1.165, 1.54) is 17.7 Å². The SMILES string of the molecule is CCNC(=NCC(C)N(C)Cc1ccccc1)NC1CCCN(c2cnn(C)c2)C1.I. The lowest BCUT2D eigenvalue weighted by Gasteiger charge is -2.34. The van der Waals surface area contributed by atoms with Gasteiger partial charge in [0.1, 0.15) is 0 Å². The largest absolute Gasteiger partial charge is 0.367 e. The van der Waals surface area contributed by atoms with Crippen LogP contribution in [0.15, 0.2) is 47.7 Å². The Morgan fingerprint density at radius 2 is 2.10 bits per heavy atom. The monoisotopic (exact) mass is 539 g/mol. The second-order valence-electron chi connectivity index (χ2n) is 8.27. The number of hydrogen-bond acceptors (Lipinski definition) is 4. The number of hydrogen-bond donors (Lipinski definition) is 2. The number of aryl methyl sites for hydroxylation is 1. The van der Waals surface area contributed by atoms with E-state index in [9.17, 15) is 0 Å². The average molecular weight is 540 g/mol. The predicted octanol–water partition coefficient (Wildman–Crippen LogP) is 3.08. The van der Waals surface area contributed by atoms with Crippen molar-refractivity contribution >= 4 is 35.6 Å². The van der Waals surface area contributed by atoms with Crippen molar-refractivity contribution in [2.24, 2.45) is 12.0 Å². The molecular weight excluding hydrogens is 501 g/mol. The van der Waals surface area contributed by atoms with Gasteiger partial charge >= 0.3 is 0 Å². The molecule has 0 aliphatic carbocycles. The van der Waals surface area contributed by atoms with Crippen LogP contribution in [-0.4, -0.2) is 66.0 Å². The number of rotatable bonds is 8. The molecule has 2 heterocycles. The molecular formula is C23H38IN7. The second kappa shape index (κ2) is 12.9. The smallest absolute Gasteiger partial charge is 0.191 e. The summed E-state index contributed by atoms with van der Waals surface area (Å²) < 4.78 is 1.87. The third kappa shape index (κ3) is 7.99. The van der Waals surface area contributed by atoms with Crippen molar-refractivity contribution in [3.63, 3.8) is 0 Å². The summed E-state index contributed by atoms with van der Waals surface area (Å²) in [4.78, 5) is 9.65. The molecule has 0 saturated carbocycles. The van der Waals surface area contributed by atoms with Crippen molar-refractivity contribution in [1.29, 1.82) is 0 Å². The number of anilines is 1. The highest BCUT2D eigenvalue weighted by atomic mass is 127. The molecule has 0 amide bonds. The first-order valence-electron chi connectivity index (χ1n) is 11.1. The van der Waals surface area contributed by atoms with Crippen LogP contribution in [0.5, 0.6) is 0 Å². The number of guanidine groups is 1. The standard InChI is InChI=1S/C23H37N7.HI/c1-5-24-23(25-14-19(2)28(3)16-20-10-7-6-8-11-20)27-21-12-9-13-30(17-21)22-15-26-29(4)18-22;/h6-8,10-11,15,18-19,21H,5,9,12-14,16-17H2,1-4H3,(H2,24,25,27);1H. The number of nitrogens with zero attached hydrogens (tertiary/aromatic N) is 5. The number of benzene rings is 1. The maximum atomic E-state index is 4.89. The Balaban J connectivity index is 0.00000341. The molecule has 172 valence electrons. The van der Waals surface area contributed by atoms with E-state index < -0.39 is 0 Å². The van der Waals surface area contributed by atoms with Crippen LogP contribution in [0.2, 0.25) is 0 Å². The summed E-state index contributed by atoms with van der Waals surface area (Å²) >= 11 is 0. The molecule has 8 heteroatoms. The van der Waals surface area contributed by atoms with Crippen molar-refractivity contribution in [3.8, 4) is 0 Å². The molecule has 1 aromatic carbocycles. The molecule has 0 spiro atoms. The van der Waals surface area contributed by atoms with Gasteiger partial charge in [0, 0.05) is 51.5 Å². The Kier molecular flexibility index (Phi) is 10.6. The van der Waals surface area contributed by atoms with E-state index in [1.54, 1.807) is 0 Å². The summed E-state index contributed by atoms with van der Waals surface area (Å²) in [6.07, 6.45) is 6.37. The average Bonchev–Trinajstić information content (AvgIpc) is 3.19. The van der Waals surface area contributed by atoms with Crippen LogP contribution in [-0.2, 0) is 13.6 Å². The lowest BCUT2D eigenvalue weighted by atomic mass is 10.1. The first-order chi connectivity index (χ1) is 14.5. The van der Waals surface area contributed by atoms with Crippen LogP contribution < -0.4 is 15.5 Å². The fraction of sp³-hybridized carbons (Fsp3) is 0.565. The van der Waals surface area contributed by atoms with E-state index in [0.29, 0.717) is 12.1 Å². The van der Waals surface area contributed by atoms with Crippen LogP contribution in [0.4, 0.5) is 5.69 Å². The first-order valence-corrected chi connectivity index (χ1v) is 11.1. The number of nitrogens with one attached hydrogen (secondary N) is 2. The Morgan fingerprint density at radius 1 is 1.32 bits per heavy atom. The maximum Gasteiger partial charge on any atom is 0.191 e. The van der Waals surface area contributed by atoms with Gasteiger partial charge in [0.15, 0.2) is 5.96 Å². The molecule has 0 radical (unpaired) electrons. The lowest BCUT2D eigenvalue weighted by molar-refractivity contribution is 0.255.